The number of carbonyl (C=O) groups is 1. The Balaban J connectivity index is 2.33. The van der Waals surface area contributed by atoms with Crippen molar-refractivity contribution in [2.45, 2.75) is 12.5 Å². The van der Waals surface area contributed by atoms with Gasteiger partial charge in [-0.2, -0.15) is 0 Å². The molecule has 1 rings (SSSR count). The van der Waals surface area contributed by atoms with Crippen molar-refractivity contribution in [3.8, 4) is 0 Å². The summed E-state index contributed by atoms with van der Waals surface area (Å²) in [6.07, 6.45) is -2.74. The highest BCUT2D eigenvalue weighted by atomic mass is 19.2. The fourth-order valence-electron chi connectivity index (χ4n) is 0.265. The van der Waals surface area contributed by atoms with E-state index >= 15 is 0 Å². The monoisotopic (exact) mass is 106 g/mol. The maximum atomic E-state index is 11.4. The van der Waals surface area contributed by atoms with E-state index in [9.17, 15) is 9.18 Å². The van der Waals surface area contributed by atoms with Crippen molar-refractivity contribution in [1.29, 1.82) is 0 Å². The quantitative estimate of drug-likeness (QED) is 0.469. The standard InChI is InChI=1S/C3H3FO3/c4-2-1(7-2)3(5)6/h1-2H,(H,5,6). The normalized spacial score (nSPS) is 37.9. The second kappa shape index (κ2) is 1.16. The first-order valence-corrected chi connectivity index (χ1v) is 1.74. The van der Waals surface area contributed by atoms with Crippen LogP contribution < -0.4 is 0 Å². The van der Waals surface area contributed by atoms with Crippen molar-refractivity contribution < 1.29 is 19.0 Å². The van der Waals surface area contributed by atoms with Gasteiger partial charge in [-0.05, 0) is 0 Å². The van der Waals surface area contributed by atoms with Crippen LogP contribution in [0.15, 0.2) is 0 Å². The Labute approximate surface area is 38.7 Å². The Morgan fingerprint density at radius 3 is 2.29 bits per heavy atom. The van der Waals surface area contributed by atoms with Gasteiger partial charge in [0.2, 0.25) is 12.5 Å². The van der Waals surface area contributed by atoms with Gasteiger partial charge in [0, 0.05) is 0 Å². The fourth-order valence-corrected chi connectivity index (χ4v) is 0.265. The molecule has 1 aliphatic heterocycles. The minimum atomic E-state index is -1.56. The summed E-state index contributed by atoms with van der Waals surface area (Å²) >= 11 is 0. The second-order valence-corrected chi connectivity index (χ2v) is 1.25. The number of epoxide rings is 1. The first kappa shape index (κ1) is 4.52. The van der Waals surface area contributed by atoms with Crippen molar-refractivity contribution in [2.75, 3.05) is 0 Å². The van der Waals surface area contributed by atoms with E-state index in [1.807, 2.05) is 0 Å². The Morgan fingerprint density at radius 2 is 2.29 bits per heavy atom. The van der Waals surface area contributed by atoms with Crippen molar-refractivity contribution in [3.05, 3.63) is 0 Å². The van der Waals surface area contributed by atoms with Gasteiger partial charge in [0.1, 0.15) is 0 Å². The summed E-state index contributed by atoms with van der Waals surface area (Å²) in [4.78, 5) is 9.61. The molecule has 0 aromatic rings. The van der Waals surface area contributed by atoms with Crippen LogP contribution in [0.25, 0.3) is 0 Å². The van der Waals surface area contributed by atoms with Gasteiger partial charge in [-0.15, -0.1) is 0 Å². The van der Waals surface area contributed by atoms with E-state index in [1.54, 1.807) is 0 Å². The Morgan fingerprint density at radius 1 is 1.86 bits per heavy atom. The minimum Gasteiger partial charge on any atom is -0.479 e. The number of carboxylic acid groups (broad SMARTS) is 1. The van der Waals surface area contributed by atoms with Crippen LogP contribution in [0.2, 0.25) is 0 Å². The molecular weight excluding hydrogens is 103 g/mol. The summed E-state index contributed by atoms with van der Waals surface area (Å²) in [7, 11) is 0. The first-order chi connectivity index (χ1) is 3.22. The third-order valence-electron chi connectivity index (χ3n) is 0.681. The number of hydrogen-bond acceptors (Lipinski definition) is 2. The number of carboxylic acids is 1. The highest BCUT2D eigenvalue weighted by Gasteiger charge is 2.45. The second-order valence-electron chi connectivity index (χ2n) is 1.25. The van der Waals surface area contributed by atoms with Gasteiger partial charge in [-0.25, -0.2) is 9.18 Å². The molecule has 1 N–H and O–H groups in total. The molecule has 1 saturated heterocycles. The lowest BCUT2D eigenvalue weighted by Crippen LogP contribution is -2.04. The Bertz CT molecular complexity index is 102. The topological polar surface area (TPSA) is 49.8 Å². The molecule has 1 aliphatic rings. The number of hydrogen-bond donors (Lipinski definition) is 1. The number of halogens is 1. The number of aliphatic carboxylic acids is 1. The predicted molar refractivity (Wildman–Crippen MR) is 17.4 cm³/mol. The van der Waals surface area contributed by atoms with E-state index in [-0.39, 0.29) is 0 Å². The molecule has 0 radical (unpaired) electrons. The van der Waals surface area contributed by atoms with Crippen LogP contribution in [0.3, 0.4) is 0 Å². The summed E-state index contributed by atoms with van der Waals surface area (Å²) in [5.74, 6) is -1.23. The van der Waals surface area contributed by atoms with Gasteiger partial charge >= 0.3 is 5.97 Å². The molecule has 0 aromatic carbocycles. The summed E-state index contributed by atoms with van der Waals surface area (Å²) in [5.41, 5.74) is 0. The van der Waals surface area contributed by atoms with E-state index in [2.05, 4.69) is 4.74 Å². The average Bonchev–Trinajstić information content (AvgIpc) is 2.17. The maximum absolute atomic E-state index is 11.4. The van der Waals surface area contributed by atoms with Crippen LogP contribution in [-0.2, 0) is 9.53 Å². The lowest BCUT2D eigenvalue weighted by molar-refractivity contribution is -0.138. The zero-order chi connectivity index (χ0) is 5.44. The molecule has 4 heteroatoms. The van der Waals surface area contributed by atoms with Gasteiger partial charge in [0.15, 0.2) is 0 Å². The first-order valence-electron chi connectivity index (χ1n) is 1.74. The Kier molecular flexibility index (Phi) is 0.751. The van der Waals surface area contributed by atoms with Crippen LogP contribution >= 0.6 is 0 Å². The third kappa shape index (κ3) is 0.691. The lowest BCUT2D eigenvalue weighted by Gasteiger charge is -1.72. The smallest absolute Gasteiger partial charge is 0.338 e. The molecule has 3 nitrogen and oxygen atoms in total. The molecule has 0 amide bonds. The van der Waals surface area contributed by atoms with Crippen LogP contribution in [0.4, 0.5) is 4.39 Å². The largest absolute Gasteiger partial charge is 0.479 e. The van der Waals surface area contributed by atoms with Crippen LogP contribution in [-0.4, -0.2) is 23.5 Å². The summed E-state index contributed by atoms with van der Waals surface area (Å²) in [6, 6.07) is 0. The van der Waals surface area contributed by atoms with Gasteiger partial charge in [0.25, 0.3) is 0 Å². The van der Waals surface area contributed by atoms with Crippen molar-refractivity contribution in [1.82, 2.24) is 0 Å². The van der Waals surface area contributed by atoms with Crippen molar-refractivity contribution in [2.24, 2.45) is 0 Å². The average molecular weight is 106 g/mol. The van der Waals surface area contributed by atoms with E-state index in [0.717, 1.165) is 0 Å². The molecule has 40 valence electrons. The van der Waals surface area contributed by atoms with Crippen LogP contribution in [0, 0.1) is 0 Å². The molecule has 2 atom stereocenters. The minimum absolute atomic E-state index is 1.18. The predicted octanol–water partition coefficient (Wildman–Crippen LogP) is -0.235. The van der Waals surface area contributed by atoms with Crippen molar-refractivity contribution >= 4 is 5.97 Å². The zero-order valence-corrected chi connectivity index (χ0v) is 3.30. The van der Waals surface area contributed by atoms with Crippen molar-refractivity contribution in [3.63, 3.8) is 0 Å². The van der Waals surface area contributed by atoms with E-state index in [4.69, 9.17) is 5.11 Å². The number of ether oxygens (including phenoxy) is 1. The number of rotatable bonds is 1. The summed E-state index contributed by atoms with van der Waals surface area (Å²) < 4.78 is 15.3. The molecule has 0 aliphatic carbocycles. The van der Waals surface area contributed by atoms with Crippen LogP contribution in [0.1, 0.15) is 0 Å². The molecule has 1 heterocycles. The maximum Gasteiger partial charge on any atom is 0.338 e. The van der Waals surface area contributed by atoms with Gasteiger partial charge < -0.3 is 9.84 Å². The molecule has 0 spiro atoms. The molecule has 0 bridgehead atoms. The molecular formula is C3H3FO3. The molecule has 0 saturated carbocycles. The third-order valence-corrected chi connectivity index (χ3v) is 0.681. The molecule has 7 heavy (non-hydrogen) atoms. The summed E-state index contributed by atoms with van der Waals surface area (Å²) in [6.45, 7) is 0. The highest BCUT2D eigenvalue weighted by Crippen LogP contribution is 2.22. The van der Waals surface area contributed by atoms with Gasteiger partial charge in [0.05, 0.1) is 0 Å². The molecule has 1 fully saturated rings. The van der Waals surface area contributed by atoms with E-state index in [1.165, 1.54) is 0 Å². The SMILES string of the molecule is O=C(O)C1OC1F. The lowest BCUT2D eigenvalue weighted by atomic mass is 10.5. The number of alkyl halides is 1. The van der Waals surface area contributed by atoms with Crippen LogP contribution in [0.5, 0.6) is 0 Å². The fraction of sp³-hybridized carbons (Fsp3) is 0.667. The van der Waals surface area contributed by atoms with Gasteiger partial charge in [-0.1, -0.05) is 0 Å². The van der Waals surface area contributed by atoms with E-state index in [0.29, 0.717) is 0 Å². The molecule has 0 aromatic heterocycles. The molecule has 2 unspecified atom stereocenters. The van der Waals surface area contributed by atoms with E-state index < -0.39 is 18.4 Å². The summed E-state index contributed by atoms with van der Waals surface area (Å²) in [5, 5.41) is 7.86. The van der Waals surface area contributed by atoms with Gasteiger partial charge in [-0.3, -0.25) is 0 Å². The Hall–Kier alpha value is -0.640. The highest BCUT2D eigenvalue weighted by molar-refractivity contribution is 5.75. The zero-order valence-electron chi connectivity index (χ0n) is 3.30.